The molecule has 3 nitrogen and oxygen atoms in total. The van der Waals surface area contributed by atoms with Gasteiger partial charge in [-0.25, -0.2) is 0 Å². The van der Waals surface area contributed by atoms with Gasteiger partial charge in [-0.05, 0) is 25.1 Å². The predicted molar refractivity (Wildman–Crippen MR) is 86.2 cm³/mol. The Kier molecular flexibility index (Phi) is 4.63. The number of rotatable bonds is 5. The minimum atomic E-state index is 0.459. The Hall–Kier alpha value is -0.900. The lowest BCUT2D eigenvalue weighted by Crippen LogP contribution is -2.36. The van der Waals surface area contributed by atoms with E-state index in [9.17, 15) is 0 Å². The van der Waals surface area contributed by atoms with Gasteiger partial charge in [0, 0.05) is 44.6 Å². The van der Waals surface area contributed by atoms with Gasteiger partial charge in [-0.2, -0.15) is 0 Å². The second-order valence-corrected chi connectivity index (χ2v) is 6.79. The van der Waals surface area contributed by atoms with Crippen molar-refractivity contribution in [2.45, 2.75) is 19.9 Å². The number of likely N-dealkylation sites (tertiary alicyclic amines) is 2. The summed E-state index contributed by atoms with van der Waals surface area (Å²) in [7, 11) is 1.85. The van der Waals surface area contributed by atoms with Crippen LogP contribution in [0.3, 0.4) is 0 Å². The summed E-state index contributed by atoms with van der Waals surface area (Å²) < 4.78 is 5.51. The SMILES string of the molecule is CCN1C[C@@H](COC)[C@@]2(CCN(Cc3ccccc3)C2)C1. The summed E-state index contributed by atoms with van der Waals surface area (Å²) in [5, 5.41) is 0. The number of hydrogen-bond donors (Lipinski definition) is 0. The van der Waals surface area contributed by atoms with Gasteiger partial charge in [0.15, 0.2) is 0 Å². The highest BCUT2D eigenvalue weighted by atomic mass is 16.5. The van der Waals surface area contributed by atoms with Gasteiger partial charge in [-0.1, -0.05) is 37.3 Å². The van der Waals surface area contributed by atoms with E-state index < -0.39 is 0 Å². The summed E-state index contributed by atoms with van der Waals surface area (Å²) in [6.45, 7) is 10.4. The van der Waals surface area contributed by atoms with Crippen molar-refractivity contribution in [3.05, 3.63) is 35.9 Å². The average molecular weight is 288 g/mol. The van der Waals surface area contributed by atoms with Gasteiger partial charge < -0.3 is 9.64 Å². The van der Waals surface area contributed by atoms with Crippen molar-refractivity contribution in [3.8, 4) is 0 Å². The smallest absolute Gasteiger partial charge is 0.0509 e. The van der Waals surface area contributed by atoms with Crippen LogP contribution in [-0.4, -0.2) is 56.2 Å². The molecule has 116 valence electrons. The van der Waals surface area contributed by atoms with Gasteiger partial charge in [0.25, 0.3) is 0 Å². The van der Waals surface area contributed by atoms with Crippen LogP contribution in [0.25, 0.3) is 0 Å². The molecule has 0 unspecified atom stereocenters. The Bertz CT molecular complexity index is 450. The lowest BCUT2D eigenvalue weighted by molar-refractivity contribution is 0.0959. The van der Waals surface area contributed by atoms with Crippen LogP contribution in [0.5, 0.6) is 0 Å². The Morgan fingerprint density at radius 1 is 1.19 bits per heavy atom. The van der Waals surface area contributed by atoms with Crippen molar-refractivity contribution < 1.29 is 4.74 Å². The quantitative estimate of drug-likeness (QED) is 0.828. The van der Waals surface area contributed by atoms with Gasteiger partial charge in [0.2, 0.25) is 0 Å². The fraction of sp³-hybridized carbons (Fsp3) is 0.667. The van der Waals surface area contributed by atoms with Gasteiger partial charge in [0.1, 0.15) is 0 Å². The van der Waals surface area contributed by atoms with Crippen molar-refractivity contribution in [2.24, 2.45) is 11.3 Å². The van der Waals surface area contributed by atoms with Crippen molar-refractivity contribution in [2.75, 3.05) is 46.4 Å². The van der Waals surface area contributed by atoms with E-state index in [4.69, 9.17) is 4.74 Å². The van der Waals surface area contributed by atoms with Crippen LogP contribution in [0, 0.1) is 11.3 Å². The number of ether oxygens (including phenoxy) is 1. The third-order valence-electron chi connectivity index (χ3n) is 5.41. The molecule has 2 heterocycles. The minimum absolute atomic E-state index is 0.459. The lowest BCUT2D eigenvalue weighted by Gasteiger charge is -2.30. The zero-order valence-electron chi connectivity index (χ0n) is 13.4. The average Bonchev–Trinajstić information content (AvgIpc) is 3.06. The summed E-state index contributed by atoms with van der Waals surface area (Å²) >= 11 is 0. The van der Waals surface area contributed by atoms with E-state index in [-0.39, 0.29) is 0 Å². The number of nitrogens with zero attached hydrogens (tertiary/aromatic N) is 2. The first-order valence-electron chi connectivity index (χ1n) is 8.23. The maximum atomic E-state index is 5.51. The topological polar surface area (TPSA) is 15.7 Å². The third-order valence-corrected chi connectivity index (χ3v) is 5.41. The van der Waals surface area contributed by atoms with Crippen LogP contribution in [-0.2, 0) is 11.3 Å². The van der Waals surface area contributed by atoms with Crippen LogP contribution < -0.4 is 0 Å². The van der Waals surface area contributed by atoms with Crippen molar-refractivity contribution in [1.29, 1.82) is 0 Å². The lowest BCUT2D eigenvalue weighted by atomic mass is 9.77. The first-order chi connectivity index (χ1) is 10.3. The van der Waals surface area contributed by atoms with Crippen LogP contribution in [0.4, 0.5) is 0 Å². The standard InChI is InChI=1S/C18H28N2O/c1-3-19-12-17(13-21-2)18(14-19)9-10-20(15-18)11-16-7-5-4-6-8-16/h4-8,17H,3,9-15H2,1-2H3/t17-,18-/m0/s1. The first-order valence-corrected chi connectivity index (χ1v) is 8.23. The predicted octanol–water partition coefficient (Wildman–Crippen LogP) is 2.48. The summed E-state index contributed by atoms with van der Waals surface area (Å²) in [4.78, 5) is 5.24. The number of benzene rings is 1. The maximum absolute atomic E-state index is 5.51. The van der Waals surface area contributed by atoms with Crippen molar-refractivity contribution in [3.63, 3.8) is 0 Å². The fourth-order valence-corrected chi connectivity index (χ4v) is 4.24. The molecule has 0 radical (unpaired) electrons. The van der Waals surface area contributed by atoms with E-state index in [1.807, 2.05) is 7.11 Å². The van der Waals surface area contributed by atoms with E-state index >= 15 is 0 Å². The molecular weight excluding hydrogens is 260 g/mol. The van der Waals surface area contributed by atoms with Crippen LogP contribution in [0.1, 0.15) is 18.9 Å². The Balaban J connectivity index is 1.66. The maximum Gasteiger partial charge on any atom is 0.0509 e. The first kappa shape index (κ1) is 15.0. The van der Waals surface area contributed by atoms with Crippen molar-refractivity contribution >= 4 is 0 Å². The Labute approximate surface area is 128 Å². The van der Waals surface area contributed by atoms with Gasteiger partial charge >= 0.3 is 0 Å². The molecule has 1 spiro atoms. The molecule has 0 N–H and O–H groups in total. The monoisotopic (exact) mass is 288 g/mol. The van der Waals surface area contributed by atoms with Crippen LogP contribution in [0.15, 0.2) is 30.3 Å². The largest absolute Gasteiger partial charge is 0.384 e. The van der Waals surface area contributed by atoms with E-state index in [0.717, 1.165) is 13.2 Å². The normalized spacial score (nSPS) is 30.5. The zero-order valence-corrected chi connectivity index (χ0v) is 13.4. The van der Waals surface area contributed by atoms with Gasteiger partial charge in [-0.3, -0.25) is 4.90 Å². The molecule has 2 saturated heterocycles. The summed E-state index contributed by atoms with van der Waals surface area (Å²) in [5.41, 5.74) is 1.89. The highest BCUT2D eigenvalue weighted by Gasteiger charge is 2.49. The molecule has 21 heavy (non-hydrogen) atoms. The summed E-state index contributed by atoms with van der Waals surface area (Å²) in [6.07, 6.45) is 1.32. The molecule has 3 heteroatoms. The molecule has 2 fully saturated rings. The van der Waals surface area contributed by atoms with Gasteiger partial charge in [-0.15, -0.1) is 0 Å². The van der Waals surface area contributed by atoms with E-state index in [1.165, 1.54) is 44.7 Å². The van der Waals surface area contributed by atoms with Gasteiger partial charge in [0.05, 0.1) is 6.61 Å². The highest BCUT2D eigenvalue weighted by Crippen LogP contribution is 2.44. The highest BCUT2D eigenvalue weighted by molar-refractivity contribution is 5.15. The van der Waals surface area contributed by atoms with Crippen LogP contribution >= 0.6 is 0 Å². The minimum Gasteiger partial charge on any atom is -0.384 e. The molecule has 1 aromatic rings. The van der Waals surface area contributed by atoms with E-state index in [1.54, 1.807) is 0 Å². The number of hydrogen-bond acceptors (Lipinski definition) is 3. The molecule has 1 aromatic carbocycles. The third kappa shape index (κ3) is 3.15. The molecule has 0 amide bonds. The molecule has 0 aliphatic carbocycles. The zero-order chi connectivity index (χ0) is 14.7. The second-order valence-electron chi connectivity index (χ2n) is 6.79. The summed E-state index contributed by atoms with van der Waals surface area (Å²) in [6, 6.07) is 10.9. The van der Waals surface area contributed by atoms with E-state index in [2.05, 4.69) is 47.1 Å². The molecule has 0 saturated carbocycles. The Morgan fingerprint density at radius 3 is 2.67 bits per heavy atom. The van der Waals surface area contributed by atoms with E-state index in [0.29, 0.717) is 11.3 Å². The second kappa shape index (κ2) is 6.47. The van der Waals surface area contributed by atoms with Crippen molar-refractivity contribution in [1.82, 2.24) is 9.80 Å². The molecule has 2 atom stereocenters. The molecule has 3 rings (SSSR count). The molecule has 2 aliphatic heterocycles. The number of methoxy groups -OCH3 is 1. The fourth-order valence-electron chi connectivity index (χ4n) is 4.24. The Morgan fingerprint density at radius 2 is 1.95 bits per heavy atom. The molecular formula is C18H28N2O. The molecule has 0 bridgehead atoms. The van der Waals surface area contributed by atoms with Crippen LogP contribution in [0.2, 0.25) is 0 Å². The molecule has 0 aromatic heterocycles. The molecule has 2 aliphatic rings. The summed E-state index contributed by atoms with van der Waals surface area (Å²) in [5.74, 6) is 0.697.